The fourth-order valence-corrected chi connectivity index (χ4v) is 2.64. The van der Waals surface area contributed by atoms with Crippen LogP contribution in [0.2, 0.25) is 0 Å². The Hall–Kier alpha value is -1.79. The molecule has 0 bridgehead atoms. The molecular weight excluding hydrogens is 431 g/mol. The van der Waals surface area contributed by atoms with Crippen molar-refractivity contribution in [2.24, 2.45) is 10.9 Å². The molecule has 1 aliphatic rings. The van der Waals surface area contributed by atoms with Crippen molar-refractivity contribution < 1.29 is 9.53 Å². The highest BCUT2D eigenvalue weighted by Crippen LogP contribution is 2.13. The van der Waals surface area contributed by atoms with Crippen LogP contribution in [0.3, 0.4) is 0 Å². The summed E-state index contributed by atoms with van der Waals surface area (Å²) in [5.74, 6) is 3.59. The van der Waals surface area contributed by atoms with E-state index in [1.165, 1.54) is 0 Å². The molecule has 1 aromatic carbocycles. The van der Waals surface area contributed by atoms with Gasteiger partial charge in [0, 0.05) is 44.4 Å². The number of nitrogens with zero attached hydrogens (tertiary/aromatic N) is 2. The number of benzene rings is 1. The first-order valence-corrected chi connectivity index (χ1v) is 7.98. The normalized spacial score (nSPS) is 16.5. The molecule has 6 nitrogen and oxygen atoms in total. The largest absolute Gasteiger partial charge is 0.381 e. The molecule has 136 valence electrons. The second-order valence-electron chi connectivity index (χ2n) is 5.78. The maximum Gasteiger partial charge on any atom is 0.243 e. The number of anilines is 1. The number of halogens is 1. The smallest absolute Gasteiger partial charge is 0.243 e. The number of rotatable bonds is 5. The molecule has 1 saturated heterocycles. The molecule has 1 heterocycles. The van der Waals surface area contributed by atoms with Gasteiger partial charge in [-0.05, 0) is 24.6 Å². The van der Waals surface area contributed by atoms with Gasteiger partial charge < -0.3 is 20.3 Å². The van der Waals surface area contributed by atoms with Crippen LogP contribution in [0.15, 0.2) is 29.3 Å². The van der Waals surface area contributed by atoms with Crippen LogP contribution in [0, 0.1) is 18.3 Å². The van der Waals surface area contributed by atoms with Gasteiger partial charge in [-0.25, -0.2) is 0 Å². The lowest BCUT2D eigenvalue weighted by Gasteiger charge is -2.24. The maximum atomic E-state index is 12.1. The van der Waals surface area contributed by atoms with E-state index in [0.717, 1.165) is 31.7 Å². The Balaban J connectivity index is 0.00000312. The molecule has 0 radical (unpaired) electrons. The summed E-state index contributed by atoms with van der Waals surface area (Å²) in [7, 11) is 3.67. The summed E-state index contributed by atoms with van der Waals surface area (Å²) in [5, 5.41) is 5.89. The average Bonchev–Trinajstić information content (AvgIpc) is 3.08. The van der Waals surface area contributed by atoms with Crippen LogP contribution in [-0.2, 0) is 9.53 Å². The van der Waals surface area contributed by atoms with Crippen LogP contribution >= 0.6 is 24.0 Å². The van der Waals surface area contributed by atoms with Crippen LogP contribution in [0.25, 0.3) is 0 Å². The molecule has 7 heteroatoms. The molecule has 0 saturated carbocycles. The summed E-state index contributed by atoms with van der Waals surface area (Å²) in [4.78, 5) is 18.3. The second-order valence-corrected chi connectivity index (χ2v) is 5.78. The maximum absolute atomic E-state index is 12.1. The number of carbonyl (C=O) groups is 1. The van der Waals surface area contributed by atoms with Gasteiger partial charge in [0.25, 0.3) is 0 Å². The van der Waals surface area contributed by atoms with Crippen LogP contribution < -0.4 is 10.6 Å². The Morgan fingerprint density at radius 3 is 2.96 bits per heavy atom. The van der Waals surface area contributed by atoms with Crippen molar-refractivity contribution in [3.8, 4) is 12.3 Å². The van der Waals surface area contributed by atoms with Gasteiger partial charge in [0.2, 0.25) is 5.91 Å². The molecule has 1 unspecified atom stereocenters. The van der Waals surface area contributed by atoms with Gasteiger partial charge in [-0.2, -0.15) is 0 Å². The third-order valence-corrected chi connectivity index (χ3v) is 3.85. The lowest BCUT2D eigenvalue weighted by molar-refractivity contribution is -0.115. The third-order valence-electron chi connectivity index (χ3n) is 3.85. The zero-order valence-electron chi connectivity index (χ0n) is 14.6. The average molecular weight is 456 g/mol. The van der Waals surface area contributed by atoms with E-state index >= 15 is 0 Å². The number of nitrogens with one attached hydrogen (secondary N) is 2. The lowest BCUT2D eigenvalue weighted by atomic mass is 10.1. The fourth-order valence-electron chi connectivity index (χ4n) is 2.64. The third kappa shape index (κ3) is 6.92. The highest BCUT2D eigenvalue weighted by atomic mass is 127. The van der Waals surface area contributed by atoms with Gasteiger partial charge in [0.05, 0.1) is 13.2 Å². The lowest BCUT2D eigenvalue weighted by Crippen LogP contribution is -2.44. The molecule has 1 amide bonds. The molecule has 1 aliphatic heterocycles. The minimum Gasteiger partial charge on any atom is -0.381 e. The minimum atomic E-state index is -0.150. The van der Waals surface area contributed by atoms with E-state index in [-0.39, 0.29) is 36.4 Å². The molecule has 2 rings (SSSR count). The molecule has 0 aromatic heterocycles. The van der Waals surface area contributed by atoms with E-state index in [9.17, 15) is 4.79 Å². The van der Waals surface area contributed by atoms with E-state index < -0.39 is 0 Å². The molecule has 2 N–H and O–H groups in total. The van der Waals surface area contributed by atoms with Crippen LogP contribution in [0.4, 0.5) is 5.69 Å². The van der Waals surface area contributed by atoms with Crippen molar-refractivity contribution in [1.29, 1.82) is 0 Å². The van der Waals surface area contributed by atoms with E-state index in [4.69, 9.17) is 11.2 Å². The molecule has 1 fully saturated rings. The molecule has 0 aliphatic carbocycles. The highest BCUT2D eigenvalue weighted by Gasteiger charge is 2.19. The number of hydrogen-bond donors (Lipinski definition) is 2. The summed E-state index contributed by atoms with van der Waals surface area (Å²) in [6.07, 6.45) is 6.42. The standard InChI is InChI=1S/C18H24N4O2.HI/c1-4-14-6-5-7-16(10-14)21-17(23)11-20-18(19-2)22(3)12-15-8-9-24-13-15;/h1,5-7,10,15H,8-9,11-13H2,2-3H3,(H,19,20)(H,21,23);1H. The fraction of sp³-hybridized carbons (Fsp3) is 0.444. The number of hydrogen-bond acceptors (Lipinski definition) is 3. The van der Waals surface area contributed by atoms with Gasteiger partial charge in [-0.3, -0.25) is 9.79 Å². The van der Waals surface area contributed by atoms with Gasteiger partial charge in [-0.15, -0.1) is 30.4 Å². The van der Waals surface area contributed by atoms with Gasteiger partial charge >= 0.3 is 0 Å². The number of aliphatic imine (C=N–C) groups is 1. The molecule has 1 aromatic rings. The van der Waals surface area contributed by atoms with E-state index in [0.29, 0.717) is 17.6 Å². The van der Waals surface area contributed by atoms with Crippen LogP contribution in [0.1, 0.15) is 12.0 Å². The number of amides is 1. The number of ether oxygens (including phenoxy) is 1. The summed E-state index contributed by atoms with van der Waals surface area (Å²) < 4.78 is 5.39. The van der Waals surface area contributed by atoms with E-state index in [1.807, 2.05) is 24.1 Å². The summed E-state index contributed by atoms with van der Waals surface area (Å²) in [6.45, 7) is 2.60. The minimum absolute atomic E-state index is 0. The summed E-state index contributed by atoms with van der Waals surface area (Å²) in [5.41, 5.74) is 1.42. The van der Waals surface area contributed by atoms with Crippen LogP contribution in [0.5, 0.6) is 0 Å². The number of guanidine groups is 1. The van der Waals surface area contributed by atoms with E-state index in [2.05, 4.69) is 21.5 Å². The van der Waals surface area contributed by atoms with Crippen molar-refractivity contribution in [1.82, 2.24) is 10.2 Å². The predicted octanol–water partition coefficient (Wildman–Crippen LogP) is 1.77. The SMILES string of the molecule is C#Cc1cccc(NC(=O)CNC(=NC)N(C)CC2CCOC2)c1.I. The van der Waals surface area contributed by atoms with Crippen molar-refractivity contribution in [3.63, 3.8) is 0 Å². The topological polar surface area (TPSA) is 66.0 Å². The van der Waals surface area contributed by atoms with Crippen molar-refractivity contribution in [3.05, 3.63) is 29.8 Å². The van der Waals surface area contributed by atoms with Gasteiger partial charge in [-0.1, -0.05) is 12.0 Å². The van der Waals surface area contributed by atoms with Crippen molar-refractivity contribution >= 4 is 41.5 Å². The quantitative estimate of drug-likeness (QED) is 0.307. The first-order valence-electron chi connectivity index (χ1n) is 7.98. The Kier molecular flexibility index (Phi) is 9.31. The molecule has 0 spiro atoms. The monoisotopic (exact) mass is 456 g/mol. The Bertz CT molecular complexity index is 636. The zero-order chi connectivity index (χ0) is 17.4. The number of carbonyl (C=O) groups excluding carboxylic acids is 1. The van der Waals surface area contributed by atoms with E-state index in [1.54, 1.807) is 19.2 Å². The van der Waals surface area contributed by atoms with Gasteiger partial charge in [0.15, 0.2) is 5.96 Å². The van der Waals surface area contributed by atoms with Crippen molar-refractivity contribution in [2.45, 2.75) is 6.42 Å². The second kappa shape index (κ2) is 10.9. The summed E-state index contributed by atoms with van der Waals surface area (Å²) in [6, 6.07) is 7.20. The zero-order valence-corrected chi connectivity index (χ0v) is 16.9. The number of terminal acetylenes is 1. The van der Waals surface area contributed by atoms with Crippen LogP contribution in [-0.4, -0.2) is 57.2 Å². The Labute approximate surface area is 166 Å². The molecule has 25 heavy (non-hydrogen) atoms. The Morgan fingerprint density at radius 1 is 1.52 bits per heavy atom. The molecular formula is C18H25IN4O2. The van der Waals surface area contributed by atoms with Crippen molar-refractivity contribution in [2.75, 3.05) is 45.7 Å². The summed E-state index contributed by atoms with van der Waals surface area (Å²) >= 11 is 0. The highest BCUT2D eigenvalue weighted by molar-refractivity contribution is 14.0. The first kappa shape index (κ1) is 21.3. The Morgan fingerprint density at radius 2 is 2.32 bits per heavy atom. The van der Waals surface area contributed by atoms with Gasteiger partial charge in [0.1, 0.15) is 0 Å². The predicted molar refractivity (Wildman–Crippen MR) is 111 cm³/mol. The first-order chi connectivity index (χ1) is 11.6. The molecule has 1 atom stereocenters.